The van der Waals surface area contributed by atoms with E-state index in [1.165, 1.54) is 57.8 Å². The Morgan fingerprint density at radius 1 is 0.868 bits per heavy atom. The molecule has 2 N–H and O–H groups in total. The summed E-state index contributed by atoms with van der Waals surface area (Å²) < 4.78 is 5.79. The molecule has 6 aliphatic carbocycles. The van der Waals surface area contributed by atoms with Gasteiger partial charge >= 0.3 is 5.97 Å². The van der Waals surface area contributed by atoms with Crippen molar-refractivity contribution < 1.29 is 19.7 Å². The summed E-state index contributed by atoms with van der Waals surface area (Å²) in [5.74, 6) is 3.96. The molecule has 0 spiro atoms. The van der Waals surface area contributed by atoms with Gasteiger partial charge in [-0.25, -0.2) is 0 Å². The molecule has 0 aromatic carbocycles. The van der Waals surface area contributed by atoms with Crippen molar-refractivity contribution in [1.82, 2.24) is 0 Å². The highest BCUT2D eigenvalue weighted by Crippen LogP contribution is 2.68. The van der Waals surface area contributed by atoms with Crippen LogP contribution in [0, 0.1) is 52.3 Å². The molecule has 0 amide bonds. The molecule has 0 heterocycles. The van der Waals surface area contributed by atoms with Crippen molar-refractivity contribution in [2.45, 2.75) is 155 Å². The number of aliphatic hydroxyl groups is 2. The van der Waals surface area contributed by atoms with E-state index in [4.69, 9.17) is 4.74 Å². The Labute approximate surface area is 233 Å². The summed E-state index contributed by atoms with van der Waals surface area (Å²) in [5.41, 5.74) is 0.569. The summed E-state index contributed by atoms with van der Waals surface area (Å²) in [6.45, 7) is 9.63. The van der Waals surface area contributed by atoms with Gasteiger partial charge in [0.05, 0.1) is 12.2 Å². The van der Waals surface area contributed by atoms with Crippen molar-refractivity contribution >= 4 is 5.97 Å². The lowest BCUT2D eigenvalue weighted by atomic mass is 9.43. The molecule has 6 rings (SSSR count). The zero-order chi connectivity index (χ0) is 27.1. The summed E-state index contributed by atoms with van der Waals surface area (Å²) >= 11 is 0. The summed E-state index contributed by atoms with van der Waals surface area (Å²) in [6.07, 6.45) is 19.3. The average Bonchev–Trinajstić information content (AvgIpc) is 3.39. The Hall–Kier alpha value is -0.610. The molecular formula is C34H58O4. The first kappa shape index (κ1) is 28.9. The smallest absolute Gasteiger partial charge is 0.306 e. The van der Waals surface area contributed by atoms with Gasteiger partial charge in [-0.15, -0.1) is 0 Å². The van der Waals surface area contributed by atoms with E-state index in [9.17, 15) is 15.0 Å². The third-order valence-corrected chi connectivity index (χ3v) is 13.2. The van der Waals surface area contributed by atoms with Gasteiger partial charge < -0.3 is 14.9 Å². The second-order valence-corrected chi connectivity index (χ2v) is 15.4. The Balaban J connectivity index is 0.000000673. The first-order chi connectivity index (χ1) is 18.1. The minimum Gasteiger partial charge on any atom is -0.462 e. The Kier molecular flexibility index (Phi) is 8.91. The van der Waals surface area contributed by atoms with E-state index in [1.54, 1.807) is 0 Å². The lowest BCUT2D eigenvalue weighted by Gasteiger charge is -2.62. The molecule has 4 nitrogen and oxygen atoms in total. The summed E-state index contributed by atoms with van der Waals surface area (Å²) in [5, 5.41) is 21.7. The molecule has 0 aromatic heterocycles. The lowest BCUT2D eigenvalue weighted by molar-refractivity contribution is -0.174. The molecular weight excluding hydrogens is 472 g/mol. The van der Waals surface area contributed by atoms with Crippen LogP contribution in [-0.4, -0.2) is 34.5 Å². The van der Waals surface area contributed by atoms with E-state index >= 15 is 0 Å². The second kappa shape index (κ2) is 11.7. The topological polar surface area (TPSA) is 66.8 Å². The summed E-state index contributed by atoms with van der Waals surface area (Å²) in [7, 11) is 0. The van der Waals surface area contributed by atoms with Crippen LogP contribution in [0.4, 0.5) is 0 Å². The first-order valence-electron chi connectivity index (χ1n) is 16.7. The fourth-order valence-corrected chi connectivity index (χ4v) is 10.5. The molecule has 6 fully saturated rings. The van der Waals surface area contributed by atoms with Crippen LogP contribution >= 0.6 is 0 Å². The maximum Gasteiger partial charge on any atom is 0.306 e. The maximum absolute atomic E-state index is 12.5. The molecule has 12 atom stereocenters. The number of carbonyl (C=O) groups excluding carboxylic acids is 1. The Bertz CT molecular complexity index is 804. The highest BCUT2D eigenvalue weighted by Gasteiger charge is 2.62. The van der Waals surface area contributed by atoms with Crippen molar-refractivity contribution in [3.05, 3.63) is 0 Å². The van der Waals surface area contributed by atoms with E-state index in [0.29, 0.717) is 47.8 Å². The van der Waals surface area contributed by atoms with Gasteiger partial charge in [0, 0.05) is 6.42 Å². The summed E-state index contributed by atoms with van der Waals surface area (Å²) in [6, 6.07) is 0. The molecule has 218 valence electrons. The van der Waals surface area contributed by atoms with E-state index < -0.39 is 0 Å². The van der Waals surface area contributed by atoms with E-state index in [-0.39, 0.29) is 35.1 Å². The molecule has 0 bridgehead atoms. The van der Waals surface area contributed by atoms with Crippen LogP contribution in [0.5, 0.6) is 0 Å². The lowest BCUT2D eigenvalue weighted by Crippen LogP contribution is -2.58. The van der Waals surface area contributed by atoms with Crippen molar-refractivity contribution in [3.63, 3.8) is 0 Å². The van der Waals surface area contributed by atoms with Crippen LogP contribution in [0.1, 0.15) is 137 Å². The zero-order valence-corrected chi connectivity index (χ0v) is 25.0. The molecule has 6 saturated carbocycles. The quantitative estimate of drug-likeness (QED) is 0.358. The van der Waals surface area contributed by atoms with Crippen molar-refractivity contribution in [2.75, 3.05) is 0 Å². The highest BCUT2D eigenvalue weighted by molar-refractivity contribution is 5.69. The van der Waals surface area contributed by atoms with Crippen molar-refractivity contribution in [2.24, 2.45) is 52.3 Å². The number of rotatable bonds is 5. The van der Waals surface area contributed by atoms with Crippen LogP contribution in [0.15, 0.2) is 0 Å². The first-order valence-corrected chi connectivity index (χ1v) is 16.7. The SMILES string of the molecule is C1CCC1.CC1CCC(OC(=O)CCC(C)C2CCC3C4C(O)CC5CC(O)CCC5(C)C4CCC23C)C1. The van der Waals surface area contributed by atoms with E-state index in [0.717, 1.165) is 44.9 Å². The van der Waals surface area contributed by atoms with Gasteiger partial charge in [-0.1, -0.05) is 53.4 Å². The fraction of sp³-hybridized carbons (Fsp3) is 0.971. The largest absolute Gasteiger partial charge is 0.462 e. The number of carbonyl (C=O) groups is 1. The molecule has 4 heteroatoms. The number of aliphatic hydroxyl groups excluding tert-OH is 2. The van der Waals surface area contributed by atoms with E-state index in [1.807, 2.05) is 0 Å². The van der Waals surface area contributed by atoms with Crippen LogP contribution in [-0.2, 0) is 9.53 Å². The van der Waals surface area contributed by atoms with Gasteiger partial charge in [-0.3, -0.25) is 4.79 Å². The number of hydrogen-bond donors (Lipinski definition) is 2. The van der Waals surface area contributed by atoms with Gasteiger partial charge in [0.25, 0.3) is 0 Å². The highest BCUT2D eigenvalue weighted by atomic mass is 16.5. The molecule has 12 unspecified atom stereocenters. The predicted molar refractivity (Wildman–Crippen MR) is 152 cm³/mol. The molecule has 0 aromatic rings. The minimum atomic E-state index is -0.212. The predicted octanol–water partition coefficient (Wildman–Crippen LogP) is 7.69. The van der Waals surface area contributed by atoms with Crippen LogP contribution in [0.2, 0.25) is 0 Å². The van der Waals surface area contributed by atoms with Gasteiger partial charge in [0.2, 0.25) is 0 Å². The van der Waals surface area contributed by atoms with Crippen LogP contribution < -0.4 is 0 Å². The number of ether oxygens (including phenoxy) is 1. The molecule has 6 aliphatic rings. The normalized spacial score (nSPS) is 48.4. The van der Waals surface area contributed by atoms with Gasteiger partial charge in [-0.2, -0.15) is 0 Å². The fourth-order valence-electron chi connectivity index (χ4n) is 10.5. The van der Waals surface area contributed by atoms with Crippen LogP contribution in [0.25, 0.3) is 0 Å². The van der Waals surface area contributed by atoms with Crippen molar-refractivity contribution in [3.8, 4) is 0 Å². The third-order valence-electron chi connectivity index (χ3n) is 13.2. The third kappa shape index (κ3) is 5.61. The molecule has 0 saturated heterocycles. The van der Waals surface area contributed by atoms with Gasteiger partial charge in [0.1, 0.15) is 6.10 Å². The number of fused-ring (bicyclic) bond motifs is 5. The van der Waals surface area contributed by atoms with E-state index in [2.05, 4.69) is 27.7 Å². The van der Waals surface area contributed by atoms with Gasteiger partial charge in [-0.05, 0) is 129 Å². The maximum atomic E-state index is 12.5. The standard InChI is InChI=1S/C30H50O4.C4H8/c1-18-5-7-22(15-18)34-27(33)10-6-19(2)23-8-9-24-28-25(12-14-30(23,24)4)29(3)13-11-21(31)16-20(29)17-26(28)32;1-2-4-3-1/h18-26,28,31-32H,5-17H2,1-4H3;1-4H2. The Morgan fingerprint density at radius 2 is 1.55 bits per heavy atom. The summed E-state index contributed by atoms with van der Waals surface area (Å²) in [4.78, 5) is 12.5. The molecule has 0 radical (unpaired) electrons. The zero-order valence-electron chi connectivity index (χ0n) is 25.0. The van der Waals surface area contributed by atoms with Crippen molar-refractivity contribution in [1.29, 1.82) is 0 Å². The molecule has 0 aliphatic heterocycles. The van der Waals surface area contributed by atoms with Crippen LogP contribution in [0.3, 0.4) is 0 Å². The van der Waals surface area contributed by atoms with Gasteiger partial charge in [0.15, 0.2) is 0 Å². The minimum absolute atomic E-state index is 0.00973. The molecule has 38 heavy (non-hydrogen) atoms. The Morgan fingerprint density at radius 3 is 2.21 bits per heavy atom. The number of esters is 1. The second-order valence-electron chi connectivity index (χ2n) is 15.4. The average molecular weight is 531 g/mol. The number of hydrogen-bond acceptors (Lipinski definition) is 4. The monoisotopic (exact) mass is 530 g/mol.